The molecule has 1 aliphatic rings. The van der Waals surface area contributed by atoms with Crippen molar-refractivity contribution in [1.82, 2.24) is 0 Å². The Bertz CT molecular complexity index is 870. The van der Waals surface area contributed by atoms with Crippen molar-refractivity contribution in [2.75, 3.05) is 0 Å². The molecular formula is C22H21ClFN. The Morgan fingerprint density at radius 3 is 2.68 bits per heavy atom. The third-order valence-electron chi connectivity index (χ3n) is 4.51. The molecule has 1 atom stereocenters. The van der Waals surface area contributed by atoms with E-state index in [1.54, 1.807) is 12.3 Å². The van der Waals surface area contributed by atoms with E-state index in [2.05, 4.69) is 23.2 Å². The van der Waals surface area contributed by atoms with Crippen molar-refractivity contribution in [3.63, 3.8) is 0 Å². The molecule has 0 aromatic heterocycles. The summed E-state index contributed by atoms with van der Waals surface area (Å²) >= 11 is 6.42. The Hall–Kier alpha value is -2.19. The van der Waals surface area contributed by atoms with Gasteiger partial charge < -0.3 is 0 Å². The lowest BCUT2D eigenvalue weighted by Gasteiger charge is -2.17. The normalized spacial score (nSPS) is 16.7. The van der Waals surface area contributed by atoms with Crippen LogP contribution in [0.1, 0.15) is 29.2 Å². The van der Waals surface area contributed by atoms with Gasteiger partial charge in [0.15, 0.2) is 0 Å². The van der Waals surface area contributed by atoms with E-state index in [1.807, 2.05) is 45.0 Å². The number of benzene rings is 2. The van der Waals surface area contributed by atoms with E-state index in [0.29, 0.717) is 11.4 Å². The van der Waals surface area contributed by atoms with Crippen LogP contribution >= 0.6 is 11.6 Å². The van der Waals surface area contributed by atoms with Gasteiger partial charge in [0.05, 0.1) is 10.7 Å². The highest BCUT2D eigenvalue weighted by atomic mass is 35.5. The number of aliphatic imine (C=N–C) groups is 1. The molecular weight excluding hydrogens is 333 g/mol. The monoisotopic (exact) mass is 353 g/mol. The van der Waals surface area contributed by atoms with Crippen molar-refractivity contribution in [3.05, 3.63) is 81.7 Å². The number of aryl methyl sites for hydroxylation is 2. The molecule has 128 valence electrons. The van der Waals surface area contributed by atoms with Crippen LogP contribution in [0.2, 0.25) is 5.02 Å². The summed E-state index contributed by atoms with van der Waals surface area (Å²) in [5.74, 6) is 0.00898. The summed E-state index contributed by atoms with van der Waals surface area (Å²) in [6.45, 7) is 5.79. The van der Waals surface area contributed by atoms with Gasteiger partial charge in [-0.3, -0.25) is 4.99 Å². The highest BCUT2D eigenvalue weighted by Crippen LogP contribution is 2.37. The van der Waals surface area contributed by atoms with Gasteiger partial charge >= 0.3 is 0 Å². The summed E-state index contributed by atoms with van der Waals surface area (Å²) in [5, 5.41) is 0.640. The Morgan fingerprint density at radius 1 is 1.20 bits per heavy atom. The fourth-order valence-corrected chi connectivity index (χ4v) is 3.57. The smallest absolute Gasteiger partial charge is 0.126 e. The minimum atomic E-state index is -0.138. The standard InChI is InChI=1S/C22H21ClFN/c1-4-25-22-15(3)11-18(13-20(22)23)19-7-5-6-16(19)12-17-9-8-14(2)10-21(17)24/h4-11,13,16H,12H2,1-3H3. The first-order valence-corrected chi connectivity index (χ1v) is 8.80. The van der Waals surface area contributed by atoms with Crippen molar-refractivity contribution < 1.29 is 4.39 Å². The van der Waals surface area contributed by atoms with E-state index < -0.39 is 0 Å². The van der Waals surface area contributed by atoms with Crippen molar-refractivity contribution in [3.8, 4) is 0 Å². The molecule has 1 aliphatic carbocycles. The first kappa shape index (κ1) is 17.6. The van der Waals surface area contributed by atoms with Crippen LogP contribution in [0.15, 0.2) is 53.6 Å². The van der Waals surface area contributed by atoms with Gasteiger partial charge in [-0.05, 0) is 73.2 Å². The Kier molecular flexibility index (Phi) is 5.19. The van der Waals surface area contributed by atoms with Gasteiger partial charge in [0.25, 0.3) is 0 Å². The first-order valence-electron chi connectivity index (χ1n) is 8.42. The van der Waals surface area contributed by atoms with E-state index in [9.17, 15) is 4.39 Å². The molecule has 0 saturated carbocycles. The van der Waals surface area contributed by atoms with Crippen LogP contribution in [0.4, 0.5) is 10.1 Å². The van der Waals surface area contributed by atoms with Gasteiger partial charge in [-0.15, -0.1) is 0 Å². The fraction of sp³-hybridized carbons (Fsp3) is 0.227. The molecule has 2 aromatic rings. The molecule has 0 amide bonds. The van der Waals surface area contributed by atoms with Gasteiger partial charge in [0, 0.05) is 12.1 Å². The molecule has 3 heteroatoms. The number of halogens is 2. The predicted molar refractivity (Wildman–Crippen MR) is 105 cm³/mol. The minimum absolute atomic E-state index is 0.138. The molecule has 2 aromatic carbocycles. The second-order valence-corrected chi connectivity index (χ2v) is 6.83. The number of hydrogen-bond donors (Lipinski definition) is 0. The van der Waals surface area contributed by atoms with Crippen molar-refractivity contribution in [2.24, 2.45) is 10.9 Å². The maximum atomic E-state index is 14.2. The van der Waals surface area contributed by atoms with Crippen LogP contribution in [0.3, 0.4) is 0 Å². The van der Waals surface area contributed by atoms with Crippen LogP contribution in [0.25, 0.3) is 5.57 Å². The summed E-state index contributed by atoms with van der Waals surface area (Å²) < 4.78 is 14.2. The summed E-state index contributed by atoms with van der Waals surface area (Å²) in [7, 11) is 0. The molecule has 0 heterocycles. The van der Waals surface area contributed by atoms with Gasteiger partial charge in [-0.25, -0.2) is 4.39 Å². The molecule has 0 aliphatic heterocycles. The van der Waals surface area contributed by atoms with Gasteiger partial charge in [-0.1, -0.05) is 42.0 Å². The van der Waals surface area contributed by atoms with Gasteiger partial charge in [0.2, 0.25) is 0 Å². The van der Waals surface area contributed by atoms with E-state index in [0.717, 1.165) is 33.5 Å². The molecule has 0 N–H and O–H groups in total. The SMILES string of the molecule is CC=Nc1c(C)cc(C2=CC=CC2Cc2ccc(C)cc2F)cc1Cl. The van der Waals surface area contributed by atoms with Gasteiger partial charge in [0.1, 0.15) is 5.82 Å². The van der Waals surface area contributed by atoms with Crippen molar-refractivity contribution in [2.45, 2.75) is 27.2 Å². The Labute approximate surface area is 153 Å². The largest absolute Gasteiger partial charge is 0.260 e. The summed E-state index contributed by atoms with van der Waals surface area (Å²) in [5.41, 5.74) is 5.75. The molecule has 0 bridgehead atoms. The average Bonchev–Trinajstić information content (AvgIpc) is 3.01. The molecule has 0 saturated heterocycles. The summed E-state index contributed by atoms with van der Waals surface area (Å²) in [6.07, 6.45) is 8.63. The molecule has 0 spiro atoms. The van der Waals surface area contributed by atoms with Crippen molar-refractivity contribution >= 4 is 29.1 Å². The van der Waals surface area contributed by atoms with Crippen molar-refractivity contribution in [1.29, 1.82) is 0 Å². The van der Waals surface area contributed by atoms with Crippen LogP contribution in [0, 0.1) is 25.6 Å². The fourth-order valence-electron chi connectivity index (χ4n) is 3.26. The first-order chi connectivity index (χ1) is 12.0. The number of rotatable bonds is 4. The molecule has 1 unspecified atom stereocenters. The van der Waals surface area contributed by atoms with Crippen LogP contribution in [0.5, 0.6) is 0 Å². The molecule has 0 fully saturated rings. The third-order valence-corrected chi connectivity index (χ3v) is 4.80. The van der Waals surface area contributed by atoms with Crippen LogP contribution < -0.4 is 0 Å². The summed E-state index contributed by atoms with van der Waals surface area (Å²) in [4.78, 5) is 4.34. The van der Waals surface area contributed by atoms with Crippen LogP contribution in [-0.2, 0) is 6.42 Å². The molecule has 25 heavy (non-hydrogen) atoms. The lowest BCUT2D eigenvalue weighted by Crippen LogP contribution is -2.04. The zero-order chi connectivity index (χ0) is 18.0. The number of allylic oxidation sites excluding steroid dienone is 4. The second-order valence-electron chi connectivity index (χ2n) is 6.42. The summed E-state index contributed by atoms with van der Waals surface area (Å²) in [6, 6.07) is 9.49. The van der Waals surface area contributed by atoms with Gasteiger partial charge in [-0.2, -0.15) is 0 Å². The molecule has 1 nitrogen and oxygen atoms in total. The maximum absolute atomic E-state index is 14.2. The minimum Gasteiger partial charge on any atom is -0.260 e. The predicted octanol–water partition coefficient (Wildman–Crippen LogP) is 6.63. The zero-order valence-electron chi connectivity index (χ0n) is 14.7. The number of hydrogen-bond acceptors (Lipinski definition) is 1. The molecule has 3 rings (SSSR count). The lowest BCUT2D eigenvalue weighted by atomic mass is 9.89. The van der Waals surface area contributed by atoms with E-state index in [4.69, 9.17) is 11.6 Å². The topological polar surface area (TPSA) is 12.4 Å². The second kappa shape index (κ2) is 7.37. The third kappa shape index (κ3) is 3.74. The zero-order valence-corrected chi connectivity index (χ0v) is 15.4. The van der Waals surface area contributed by atoms with E-state index in [1.165, 1.54) is 0 Å². The van der Waals surface area contributed by atoms with E-state index in [-0.39, 0.29) is 11.7 Å². The average molecular weight is 354 g/mol. The maximum Gasteiger partial charge on any atom is 0.126 e. The van der Waals surface area contributed by atoms with E-state index >= 15 is 0 Å². The lowest BCUT2D eigenvalue weighted by molar-refractivity contribution is 0.601. The quantitative estimate of drug-likeness (QED) is 0.547. The number of nitrogens with zero attached hydrogens (tertiary/aromatic N) is 1. The molecule has 0 radical (unpaired) electrons. The Morgan fingerprint density at radius 2 is 2.00 bits per heavy atom. The van der Waals surface area contributed by atoms with Crippen LogP contribution in [-0.4, -0.2) is 6.21 Å². The highest BCUT2D eigenvalue weighted by molar-refractivity contribution is 6.33. The highest BCUT2D eigenvalue weighted by Gasteiger charge is 2.20. The Balaban J connectivity index is 1.90.